The van der Waals surface area contributed by atoms with Gasteiger partial charge in [0.15, 0.2) is 0 Å². The fourth-order valence-electron chi connectivity index (χ4n) is 6.66. The number of aromatic nitrogens is 3. The van der Waals surface area contributed by atoms with E-state index < -0.39 is 0 Å². The van der Waals surface area contributed by atoms with Crippen LogP contribution in [0.1, 0.15) is 22.3 Å². The normalized spacial score (nSPS) is 13.5. The van der Waals surface area contributed by atoms with Gasteiger partial charge >= 0.3 is 0 Å². The van der Waals surface area contributed by atoms with Crippen LogP contribution in [0.3, 0.4) is 0 Å². The summed E-state index contributed by atoms with van der Waals surface area (Å²) < 4.78 is 2.31. The summed E-state index contributed by atoms with van der Waals surface area (Å²) in [6, 6.07) is 30.8. The molecule has 35 heavy (non-hydrogen) atoms. The first-order chi connectivity index (χ1) is 17.4. The van der Waals surface area contributed by atoms with E-state index in [9.17, 15) is 0 Å². The molecule has 7 aromatic rings. The lowest BCUT2D eigenvalue weighted by molar-refractivity contribution is 1.23. The number of nitrogens with zero attached hydrogens (tertiary/aromatic N) is 3. The van der Waals surface area contributed by atoms with E-state index in [1.54, 1.807) is 0 Å². The maximum Gasteiger partial charge on any atom is 0.147 e. The average Bonchev–Trinajstić information content (AvgIpc) is 3.59. The molecule has 2 aliphatic carbocycles. The second kappa shape index (κ2) is 6.13. The Morgan fingerprint density at radius 1 is 0.629 bits per heavy atom. The van der Waals surface area contributed by atoms with Crippen LogP contribution in [0.15, 0.2) is 91.1 Å². The molecule has 0 aliphatic heterocycles. The molecule has 0 bridgehead atoms. The molecule has 162 valence electrons. The van der Waals surface area contributed by atoms with Gasteiger partial charge in [-0.3, -0.25) is 9.38 Å². The number of benzene rings is 4. The predicted molar refractivity (Wildman–Crippen MR) is 142 cm³/mol. The number of para-hydroxylation sites is 2. The Balaban J connectivity index is 1.48. The fourth-order valence-corrected chi connectivity index (χ4v) is 6.66. The van der Waals surface area contributed by atoms with Gasteiger partial charge in [0.1, 0.15) is 5.65 Å². The zero-order chi connectivity index (χ0) is 22.7. The summed E-state index contributed by atoms with van der Waals surface area (Å²) in [5, 5.41) is 2.39. The molecule has 0 fully saturated rings. The third kappa shape index (κ3) is 2.12. The topological polar surface area (TPSA) is 30.2 Å². The van der Waals surface area contributed by atoms with Crippen LogP contribution in [0.2, 0.25) is 0 Å². The summed E-state index contributed by atoms with van der Waals surface area (Å²) in [6.45, 7) is 0. The van der Waals surface area contributed by atoms with Gasteiger partial charge in [-0.25, -0.2) is 4.98 Å². The minimum Gasteiger partial charge on any atom is -0.290 e. The second-order valence-corrected chi connectivity index (χ2v) is 9.79. The van der Waals surface area contributed by atoms with Gasteiger partial charge in [-0.2, -0.15) is 0 Å². The summed E-state index contributed by atoms with van der Waals surface area (Å²) in [4.78, 5) is 10.1. The lowest BCUT2D eigenvalue weighted by atomic mass is 9.94. The highest BCUT2D eigenvalue weighted by Crippen LogP contribution is 2.50. The van der Waals surface area contributed by atoms with Crippen molar-refractivity contribution in [1.82, 2.24) is 14.4 Å². The van der Waals surface area contributed by atoms with Gasteiger partial charge in [-0.05, 0) is 81.6 Å². The van der Waals surface area contributed by atoms with Crippen molar-refractivity contribution >= 4 is 38.5 Å². The summed E-state index contributed by atoms with van der Waals surface area (Å²) in [6.07, 6.45) is 3.89. The van der Waals surface area contributed by atoms with E-state index in [0.717, 1.165) is 40.6 Å². The molecule has 0 unspecified atom stereocenters. The first-order valence-corrected chi connectivity index (χ1v) is 12.2. The van der Waals surface area contributed by atoms with Gasteiger partial charge in [0, 0.05) is 17.0 Å². The summed E-state index contributed by atoms with van der Waals surface area (Å²) in [5.41, 5.74) is 16.6. The van der Waals surface area contributed by atoms with Gasteiger partial charge in [0.2, 0.25) is 0 Å². The lowest BCUT2D eigenvalue weighted by Crippen LogP contribution is -1.95. The van der Waals surface area contributed by atoms with Crippen LogP contribution in [-0.4, -0.2) is 14.4 Å². The monoisotopic (exact) mass is 445 g/mol. The SMILES string of the molecule is c1ccc2c(c1)Cc1ccc3c(c1-2)Cc1ccc2c4ncccc4n4c5ccccc5nc4c2c1-3. The van der Waals surface area contributed by atoms with Crippen LogP contribution in [0, 0.1) is 0 Å². The van der Waals surface area contributed by atoms with Crippen molar-refractivity contribution in [2.24, 2.45) is 0 Å². The van der Waals surface area contributed by atoms with Gasteiger partial charge in [-0.15, -0.1) is 0 Å². The predicted octanol–water partition coefficient (Wildman–Crippen LogP) is 7.33. The molecular formula is C32H19N3. The highest BCUT2D eigenvalue weighted by molar-refractivity contribution is 6.19. The standard InChI is InChI=1S/C32H19N3/c1-2-7-21-18(6-1)16-19-11-13-22-24(28(19)21)17-20-12-14-23-30(29(20)22)32-34-25-8-3-4-9-26(25)35(32)27-10-5-15-33-31(23)27/h1-15H,16-17H2. The Kier molecular flexibility index (Phi) is 3.14. The number of fused-ring (bicyclic) bond motifs is 16. The van der Waals surface area contributed by atoms with E-state index in [-0.39, 0.29) is 0 Å². The summed E-state index contributed by atoms with van der Waals surface area (Å²) in [7, 11) is 0. The van der Waals surface area contributed by atoms with E-state index in [2.05, 4.69) is 83.3 Å². The van der Waals surface area contributed by atoms with Gasteiger partial charge < -0.3 is 0 Å². The molecule has 9 rings (SSSR count). The van der Waals surface area contributed by atoms with Crippen molar-refractivity contribution in [3.05, 3.63) is 113 Å². The Hall–Kier alpha value is -4.50. The molecule has 3 aromatic heterocycles. The van der Waals surface area contributed by atoms with Crippen LogP contribution in [0.25, 0.3) is 60.7 Å². The van der Waals surface area contributed by atoms with Crippen LogP contribution < -0.4 is 0 Å². The molecule has 0 N–H and O–H groups in total. The molecule has 3 nitrogen and oxygen atoms in total. The van der Waals surface area contributed by atoms with Crippen molar-refractivity contribution in [3.8, 4) is 22.3 Å². The van der Waals surface area contributed by atoms with Crippen LogP contribution in [0.4, 0.5) is 0 Å². The van der Waals surface area contributed by atoms with E-state index in [1.807, 2.05) is 12.3 Å². The van der Waals surface area contributed by atoms with Crippen LogP contribution in [0.5, 0.6) is 0 Å². The van der Waals surface area contributed by atoms with E-state index >= 15 is 0 Å². The molecule has 0 saturated heterocycles. The smallest absolute Gasteiger partial charge is 0.147 e. The third-order valence-electron chi connectivity index (χ3n) is 8.06. The zero-order valence-corrected chi connectivity index (χ0v) is 18.9. The molecule has 3 heteroatoms. The van der Waals surface area contributed by atoms with Crippen molar-refractivity contribution in [2.45, 2.75) is 12.8 Å². The van der Waals surface area contributed by atoms with Crippen molar-refractivity contribution < 1.29 is 0 Å². The van der Waals surface area contributed by atoms with E-state index in [1.165, 1.54) is 55.3 Å². The first kappa shape index (κ1) is 17.9. The van der Waals surface area contributed by atoms with E-state index in [0.29, 0.717) is 0 Å². The van der Waals surface area contributed by atoms with Gasteiger partial charge in [0.25, 0.3) is 0 Å². The van der Waals surface area contributed by atoms with Gasteiger partial charge in [-0.1, -0.05) is 60.7 Å². The quantitative estimate of drug-likeness (QED) is 0.229. The summed E-state index contributed by atoms with van der Waals surface area (Å²) in [5.74, 6) is 0. The third-order valence-corrected chi connectivity index (χ3v) is 8.06. The van der Waals surface area contributed by atoms with Crippen molar-refractivity contribution in [3.63, 3.8) is 0 Å². The minimum absolute atomic E-state index is 0.963. The Morgan fingerprint density at radius 3 is 2.46 bits per heavy atom. The Labute approximate surface area is 201 Å². The maximum absolute atomic E-state index is 5.19. The molecule has 0 saturated carbocycles. The highest BCUT2D eigenvalue weighted by atomic mass is 15.0. The second-order valence-electron chi connectivity index (χ2n) is 9.79. The lowest BCUT2D eigenvalue weighted by Gasteiger charge is -2.13. The Morgan fingerprint density at radius 2 is 1.46 bits per heavy atom. The van der Waals surface area contributed by atoms with E-state index in [4.69, 9.17) is 9.97 Å². The molecular weight excluding hydrogens is 426 g/mol. The number of hydrogen-bond acceptors (Lipinski definition) is 2. The van der Waals surface area contributed by atoms with Crippen molar-refractivity contribution in [2.75, 3.05) is 0 Å². The van der Waals surface area contributed by atoms with Crippen molar-refractivity contribution in [1.29, 1.82) is 0 Å². The first-order valence-electron chi connectivity index (χ1n) is 12.2. The molecule has 4 aromatic carbocycles. The largest absolute Gasteiger partial charge is 0.290 e. The average molecular weight is 446 g/mol. The molecule has 0 amide bonds. The maximum atomic E-state index is 5.19. The molecule has 0 spiro atoms. The number of imidazole rings is 1. The zero-order valence-electron chi connectivity index (χ0n) is 18.9. The molecule has 3 heterocycles. The number of hydrogen-bond donors (Lipinski definition) is 0. The minimum atomic E-state index is 0.963. The number of rotatable bonds is 0. The highest BCUT2D eigenvalue weighted by Gasteiger charge is 2.30. The van der Waals surface area contributed by atoms with Crippen LogP contribution >= 0.6 is 0 Å². The van der Waals surface area contributed by atoms with Gasteiger partial charge in [0.05, 0.1) is 22.1 Å². The molecule has 0 atom stereocenters. The molecule has 0 radical (unpaired) electrons. The summed E-state index contributed by atoms with van der Waals surface area (Å²) >= 11 is 0. The number of pyridine rings is 2. The van der Waals surface area contributed by atoms with Crippen LogP contribution in [-0.2, 0) is 12.8 Å². The fraction of sp³-hybridized carbons (Fsp3) is 0.0625. The molecule has 2 aliphatic rings. The Bertz CT molecular complexity index is 2060.